The van der Waals surface area contributed by atoms with E-state index in [0.29, 0.717) is 12.1 Å². The maximum atomic E-state index is 5.32. The van der Waals surface area contributed by atoms with E-state index in [4.69, 9.17) is 4.74 Å². The van der Waals surface area contributed by atoms with E-state index in [0.717, 1.165) is 17.8 Å². The van der Waals surface area contributed by atoms with Gasteiger partial charge in [0.05, 0.1) is 7.11 Å². The molecule has 2 heterocycles. The second-order valence-electron chi connectivity index (χ2n) is 6.38. The van der Waals surface area contributed by atoms with E-state index < -0.39 is 0 Å². The van der Waals surface area contributed by atoms with Crippen LogP contribution in [-0.2, 0) is 0 Å². The van der Waals surface area contributed by atoms with Crippen LogP contribution in [0.5, 0.6) is 5.75 Å². The third kappa shape index (κ3) is 2.70. The zero-order valence-electron chi connectivity index (χ0n) is 12.8. The van der Waals surface area contributed by atoms with Crippen molar-refractivity contribution in [2.45, 2.75) is 56.8 Å². The van der Waals surface area contributed by atoms with Crippen molar-refractivity contribution in [3.8, 4) is 5.75 Å². The molecule has 2 fully saturated rings. The summed E-state index contributed by atoms with van der Waals surface area (Å²) in [6, 6.07) is 11.0. The molecule has 2 bridgehead atoms. The van der Waals surface area contributed by atoms with Gasteiger partial charge in [0.25, 0.3) is 0 Å². The molecule has 0 aliphatic carbocycles. The fourth-order valence-electron chi connectivity index (χ4n) is 3.91. The number of piperidine rings is 1. The molecule has 3 nitrogen and oxygen atoms in total. The highest BCUT2D eigenvalue weighted by molar-refractivity contribution is 5.30. The molecule has 1 aromatic rings. The van der Waals surface area contributed by atoms with Crippen LogP contribution in [0, 0.1) is 0 Å². The number of ether oxygens (including phenoxy) is 1. The van der Waals surface area contributed by atoms with Gasteiger partial charge in [0.1, 0.15) is 5.75 Å². The number of nitrogens with one attached hydrogen (secondary N) is 1. The number of methoxy groups -OCH3 is 1. The Morgan fingerprint density at radius 3 is 2.60 bits per heavy atom. The Hall–Kier alpha value is -1.06. The van der Waals surface area contributed by atoms with E-state index >= 15 is 0 Å². The van der Waals surface area contributed by atoms with Gasteiger partial charge in [-0.2, -0.15) is 0 Å². The zero-order chi connectivity index (χ0) is 14.1. The van der Waals surface area contributed by atoms with E-state index in [1.807, 2.05) is 6.07 Å². The number of rotatable bonds is 4. The summed E-state index contributed by atoms with van der Waals surface area (Å²) in [6.45, 7) is 2.26. The van der Waals surface area contributed by atoms with Gasteiger partial charge in [0.15, 0.2) is 0 Å². The molecule has 0 aromatic heterocycles. The summed E-state index contributed by atoms with van der Waals surface area (Å²) in [4.78, 5) is 2.59. The van der Waals surface area contributed by atoms with Crippen LogP contribution in [0.25, 0.3) is 0 Å². The SMILES string of the molecule is COc1cccc(C(C)NC2CC3CCC(C2)N3C)c1. The fourth-order valence-corrected chi connectivity index (χ4v) is 3.91. The van der Waals surface area contributed by atoms with E-state index in [9.17, 15) is 0 Å². The lowest BCUT2D eigenvalue weighted by Gasteiger charge is -2.38. The zero-order valence-corrected chi connectivity index (χ0v) is 12.8. The standard InChI is InChI=1S/C17H26N2O/c1-12(13-5-4-6-17(9-13)20-3)18-14-10-15-7-8-16(11-14)19(15)2/h4-6,9,12,14-16,18H,7-8,10-11H2,1-3H3. The number of hydrogen-bond acceptors (Lipinski definition) is 3. The number of fused-ring (bicyclic) bond motifs is 2. The van der Waals surface area contributed by atoms with Crippen LogP contribution in [-0.4, -0.2) is 37.2 Å². The van der Waals surface area contributed by atoms with Gasteiger partial charge in [-0.25, -0.2) is 0 Å². The van der Waals surface area contributed by atoms with Crippen molar-refractivity contribution in [3.05, 3.63) is 29.8 Å². The lowest BCUT2D eigenvalue weighted by Crippen LogP contribution is -2.47. The number of hydrogen-bond donors (Lipinski definition) is 1. The molecular weight excluding hydrogens is 248 g/mol. The third-order valence-electron chi connectivity index (χ3n) is 5.18. The Morgan fingerprint density at radius 2 is 1.95 bits per heavy atom. The van der Waals surface area contributed by atoms with Crippen molar-refractivity contribution >= 4 is 0 Å². The predicted octanol–water partition coefficient (Wildman–Crippen LogP) is 2.97. The highest BCUT2D eigenvalue weighted by atomic mass is 16.5. The molecular formula is C17H26N2O. The molecule has 0 amide bonds. The summed E-state index contributed by atoms with van der Waals surface area (Å²) < 4.78 is 5.32. The molecule has 2 aliphatic rings. The molecule has 0 saturated carbocycles. The Bertz CT molecular complexity index is 448. The highest BCUT2D eigenvalue weighted by Crippen LogP contribution is 2.35. The van der Waals surface area contributed by atoms with Crippen LogP contribution in [0.4, 0.5) is 0 Å². The summed E-state index contributed by atoms with van der Waals surface area (Å²) in [7, 11) is 4.02. The van der Waals surface area contributed by atoms with E-state index in [1.54, 1.807) is 7.11 Å². The van der Waals surface area contributed by atoms with Gasteiger partial charge in [-0.1, -0.05) is 12.1 Å². The topological polar surface area (TPSA) is 24.5 Å². The van der Waals surface area contributed by atoms with Crippen molar-refractivity contribution in [2.75, 3.05) is 14.2 Å². The monoisotopic (exact) mass is 274 g/mol. The molecule has 1 N–H and O–H groups in total. The molecule has 20 heavy (non-hydrogen) atoms. The van der Waals surface area contributed by atoms with Gasteiger partial charge < -0.3 is 15.0 Å². The molecule has 1 aromatic carbocycles. The molecule has 2 aliphatic heterocycles. The smallest absolute Gasteiger partial charge is 0.119 e. The van der Waals surface area contributed by atoms with Crippen LogP contribution >= 0.6 is 0 Å². The lowest BCUT2D eigenvalue weighted by molar-refractivity contribution is 0.144. The van der Waals surface area contributed by atoms with Crippen molar-refractivity contribution < 1.29 is 4.74 Å². The first-order valence-electron chi connectivity index (χ1n) is 7.79. The van der Waals surface area contributed by atoms with Crippen LogP contribution in [0.2, 0.25) is 0 Å². The lowest BCUT2D eigenvalue weighted by atomic mass is 9.96. The van der Waals surface area contributed by atoms with Gasteiger partial charge >= 0.3 is 0 Å². The second-order valence-corrected chi connectivity index (χ2v) is 6.38. The first kappa shape index (κ1) is 13.9. The predicted molar refractivity (Wildman–Crippen MR) is 82.1 cm³/mol. The van der Waals surface area contributed by atoms with Crippen LogP contribution < -0.4 is 10.1 Å². The normalized spacial score (nSPS) is 31.2. The summed E-state index contributed by atoms with van der Waals surface area (Å²) in [5.41, 5.74) is 1.32. The Kier molecular flexibility index (Phi) is 3.99. The summed E-state index contributed by atoms with van der Waals surface area (Å²) in [5.74, 6) is 0.944. The molecule has 3 unspecified atom stereocenters. The quantitative estimate of drug-likeness (QED) is 0.913. The molecule has 3 rings (SSSR count). The van der Waals surface area contributed by atoms with E-state index in [1.165, 1.54) is 31.2 Å². The fraction of sp³-hybridized carbons (Fsp3) is 0.647. The average Bonchev–Trinajstić information content (AvgIpc) is 2.69. The average molecular weight is 274 g/mol. The largest absolute Gasteiger partial charge is 0.497 e. The maximum absolute atomic E-state index is 5.32. The summed E-state index contributed by atoms with van der Waals surface area (Å²) in [5, 5.41) is 3.83. The van der Waals surface area contributed by atoms with E-state index in [-0.39, 0.29) is 0 Å². The minimum atomic E-state index is 0.387. The summed E-state index contributed by atoms with van der Waals surface area (Å²) >= 11 is 0. The molecule has 3 atom stereocenters. The molecule has 0 spiro atoms. The van der Waals surface area contributed by atoms with Crippen LogP contribution in [0.1, 0.15) is 44.2 Å². The van der Waals surface area contributed by atoms with Crippen molar-refractivity contribution in [1.29, 1.82) is 0 Å². The number of nitrogens with zero attached hydrogens (tertiary/aromatic N) is 1. The van der Waals surface area contributed by atoms with Gasteiger partial charge in [0, 0.05) is 24.2 Å². The van der Waals surface area contributed by atoms with E-state index in [2.05, 4.69) is 42.4 Å². The van der Waals surface area contributed by atoms with Crippen LogP contribution in [0.15, 0.2) is 24.3 Å². The number of benzene rings is 1. The molecule has 3 heteroatoms. The third-order valence-corrected chi connectivity index (χ3v) is 5.18. The summed E-state index contributed by atoms with van der Waals surface area (Å²) in [6.07, 6.45) is 5.35. The van der Waals surface area contributed by atoms with Gasteiger partial charge in [-0.15, -0.1) is 0 Å². The molecule has 110 valence electrons. The minimum Gasteiger partial charge on any atom is -0.497 e. The van der Waals surface area contributed by atoms with Gasteiger partial charge in [0.2, 0.25) is 0 Å². The van der Waals surface area contributed by atoms with Crippen molar-refractivity contribution in [3.63, 3.8) is 0 Å². The van der Waals surface area contributed by atoms with Crippen molar-refractivity contribution in [1.82, 2.24) is 10.2 Å². The first-order valence-corrected chi connectivity index (χ1v) is 7.79. The Balaban J connectivity index is 1.63. The Labute approximate surface area is 122 Å². The Morgan fingerprint density at radius 1 is 1.25 bits per heavy atom. The van der Waals surface area contributed by atoms with Gasteiger partial charge in [-0.05, 0) is 57.4 Å². The molecule has 0 radical (unpaired) electrons. The van der Waals surface area contributed by atoms with Crippen LogP contribution in [0.3, 0.4) is 0 Å². The second kappa shape index (κ2) is 5.74. The first-order chi connectivity index (χ1) is 9.67. The minimum absolute atomic E-state index is 0.387. The van der Waals surface area contributed by atoms with Gasteiger partial charge in [-0.3, -0.25) is 0 Å². The maximum Gasteiger partial charge on any atom is 0.119 e. The molecule has 2 saturated heterocycles. The highest BCUT2D eigenvalue weighted by Gasteiger charge is 2.38. The van der Waals surface area contributed by atoms with Crippen molar-refractivity contribution in [2.24, 2.45) is 0 Å².